The molecule has 2 aromatic rings. The van der Waals surface area contributed by atoms with Crippen LogP contribution in [0.15, 0.2) is 132 Å². The molecular weight excluding hydrogens is 437 g/mol. The fraction of sp³-hybridized carbons (Fsp3) is 0.219. The summed E-state index contributed by atoms with van der Waals surface area (Å²) in [5, 5.41) is 0. The van der Waals surface area contributed by atoms with Gasteiger partial charge in [-0.25, -0.2) is 0 Å². The number of hydrogen-bond acceptors (Lipinski definition) is 3. The van der Waals surface area contributed by atoms with Crippen LogP contribution in [0, 0.1) is 0 Å². The summed E-state index contributed by atoms with van der Waals surface area (Å²) in [6.07, 6.45) is 30.7. The minimum Gasteiger partial charge on any atom is -0.339 e. The summed E-state index contributed by atoms with van der Waals surface area (Å²) < 4.78 is 0. The van der Waals surface area contributed by atoms with E-state index >= 15 is 0 Å². The topological polar surface area (TPSA) is 19.4 Å². The van der Waals surface area contributed by atoms with Crippen molar-refractivity contribution < 1.29 is 0 Å². The second-order valence-corrected chi connectivity index (χ2v) is 10.4. The molecule has 0 N–H and O–H groups in total. The maximum atomic E-state index is 4.66. The molecule has 4 heteroatoms. The molecule has 176 valence electrons. The molecule has 0 spiro atoms. The molecule has 3 aliphatic carbocycles. The number of aromatic nitrogens is 1. The first-order valence-corrected chi connectivity index (χ1v) is 13.2. The van der Waals surface area contributed by atoms with E-state index in [2.05, 4.69) is 125 Å². The molecule has 1 aromatic heterocycles. The third-order valence-corrected chi connectivity index (χ3v) is 8.24. The highest BCUT2D eigenvalue weighted by molar-refractivity contribution is 6.84. The van der Waals surface area contributed by atoms with E-state index in [1.807, 2.05) is 6.20 Å². The Morgan fingerprint density at radius 2 is 1.89 bits per heavy atom. The second-order valence-electron chi connectivity index (χ2n) is 10.4. The first-order valence-electron chi connectivity index (χ1n) is 13.2. The molecule has 3 heterocycles. The molecule has 3 unspecified atom stereocenters. The molecule has 3 nitrogen and oxygen atoms in total. The first-order chi connectivity index (χ1) is 17.8. The lowest BCUT2D eigenvalue weighted by Gasteiger charge is -2.54. The summed E-state index contributed by atoms with van der Waals surface area (Å²) >= 11 is 0. The first kappa shape index (κ1) is 21.5. The van der Waals surface area contributed by atoms with Gasteiger partial charge in [0.2, 0.25) is 6.71 Å². The van der Waals surface area contributed by atoms with Crippen molar-refractivity contribution in [3.8, 4) is 0 Å². The highest BCUT2D eigenvalue weighted by Crippen LogP contribution is 2.51. The minimum absolute atomic E-state index is 0.232. The molecule has 0 bridgehead atoms. The predicted octanol–water partition coefficient (Wildman–Crippen LogP) is 6.42. The molecule has 0 saturated carbocycles. The molecule has 36 heavy (non-hydrogen) atoms. The number of anilines is 2. The van der Waals surface area contributed by atoms with Gasteiger partial charge in [-0.05, 0) is 62.0 Å². The van der Waals surface area contributed by atoms with E-state index in [-0.39, 0.29) is 12.8 Å². The zero-order chi connectivity index (χ0) is 24.1. The number of allylic oxidation sites excluding steroid dienone is 9. The molecule has 7 rings (SSSR count). The van der Waals surface area contributed by atoms with Gasteiger partial charge in [-0.2, -0.15) is 0 Å². The maximum Gasteiger partial charge on any atom is 0.228 e. The van der Waals surface area contributed by atoms with Crippen molar-refractivity contribution in [3.05, 3.63) is 132 Å². The third-order valence-electron chi connectivity index (χ3n) is 8.24. The second kappa shape index (κ2) is 8.71. The lowest BCUT2D eigenvalue weighted by Crippen LogP contribution is -2.59. The van der Waals surface area contributed by atoms with Crippen LogP contribution in [-0.2, 0) is 0 Å². The molecule has 0 fully saturated rings. The van der Waals surface area contributed by atoms with Crippen molar-refractivity contribution in [2.45, 2.75) is 44.1 Å². The number of nitrogens with zero attached hydrogens (tertiary/aromatic N) is 3. The van der Waals surface area contributed by atoms with E-state index in [9.17, 15) is 0 Å². The number of hydrogen-bond donors (Lipinski definition) is 0. The Hall–Kier alpha value is -3.79. The number of pyridine rings is 1. The largest absolute Gasteiger partial charge is 0.339 e. The molecule has 5 aliphatic rings. The van der Waals surface area contributed by atoms with Crippen LogP contribution < -0.4 is 10.4 Å². The lowest BCUT2D eigenvalue weighted by atomic mass is 9.28. The molecule has 0 amide bonds. The summed E-state index contributed by atoms with van der Waals surface area (Å²) in [4.78, 5) is 9.84. The zero-order valence-electron chi connectivity index (χ0n) is 20.7. The summed E-state index contributed by atoms with van der Waals surface area (Å²) in [6.45, 7) is 2.56. The average molecular weight is 467 g/mol. The van der Waals surface area contributed by atoms with Crippen LogP contribution in [-0.4, -0.2) is 28.7 Å². The van der Waals surface area contributed by atoms with Crippen LogP contribution in [0.5, 0.6) is 0 Å². The monoisotopic (exact) mass is 467 g/mol. The minimum atomic E-state index is 0.232. The summed E-state index contributed by atoms with van der Waals surface area (Å²) in [6, 6.07) is 13.6. The number of benzene rings is 1. The normalized spacial score (nSPS) is 28.4. The van der Waals surface area contributed by atoms with E-state index < -0.39 is 0 Å². The SMILES string of the molecule is C/C1=C\C2=C(/C=C\CC1)N(C1C=CC=CC1)C1=CC=CC3C1B2c1cnccc1N3c1ccccc1. The van der Waals surface area contributed by atoms with E-state index in [0.717, 1.165) is 19.3 Å². The van der Waals surface area contributed by atoms with Crippen LogP contribution in [0.3, 0.4) is 0 Å². The van der Waals surface area contributed by atoms with E-state index in [1.165, 1.54) is 39.3 Å². The Labute approximate surface area is 214 Å². The Morgan fingerprint density at radius 3 is 2.75 bits per heavy atom. The van der Waals surface area contributed by atoms with Crippen LogP contribution in [0.2, 0.25) is 5.82 Å². The van der Waals surface area contributed by atoms with Crippen LogP contribution >= 0.6 is 0 Å². The molecular formula is C32H30BN3. The number of para-hydroxylation sites is 1. The maximum absolute atomic E-state index is 4.66. The van der Waals surface area contributed by atoms with Gasteiger partial charge in [-0.15, -0.1) is 0 Å². The quantitative estimate of drug-likeness (QED) is 0.476. The fourth-order valence-corrected chi connectivity index (χ4v) is 6.75. The van der Waals surface area contributed by atoms with Gasteiger partial charge >= 0.3 is 0 Å². The van der Waals surface area contributed by atoms with Gasteiger partial charge in [0.1, 0.15) is 0 Å². The smallest absolute Gasteiger partial charge is 0.228 e. The van der Waals surface area contributed by atoms with Crippen LogP contribution in [0.4, 0.5) is 11.4 Å². The van der Waals surface area contributed by atoms with Crippen molar-refractivity contribution in [2.24, 2.45) is 0 Å². The summed E-state index contributed by atoms with van der Waals surface area (Å²) in [5.41, 5.74) is 9.49. The van der Waals surface area contributed by atoms with Crippen LogP contribution in [0.25, 0.3) is 0 Å². The lowest BCUT2D eigenvalue weighted by molar-refractivity contribution is 0.345. The predicted molar refractivity (Wildman–Crippen MR) is 151 cm³/mol. The average Bonchev–Trinajstić information content (AvgIpc) is 2.92. The van der Waals surface area contributed by atoms with E-state index in [1.54, 1.807) is 0 Å². The van der Waals surface area contributed by atoms with Crippen molar-refractivity contribution in [3.63, 3.8) is 0 Å². The van der Waals surface area contributed by atoms with Crippen LogP contribution in [0.1, 0.15) is 26.2 Å². The Morgan fingerprint density at radius 1 is 0.972 bits per heavy atom. The van der Waals surface area contributed by atoms with Gasteiger partial charge in [0.15, 0.2) is 0 Å². The molecule has 3 atom stereocenters. The molecule has 0 saturated heterocycles. The molecule has 0 radical (unpaired) electrons. The Kier molecular flexibility index (Phi) is 5.20. The van der Waals surface area contributed by atoms with E-state index in [0.29, 0.717) is 11.9 Å². The molecule has 1 aromatic carbocycles. The highest BCUT2D eigenvalue weighted by Gasteiger charge is 2.52. The molecule has 2 aliphatic heterocycles. The highest BCUT2D eigenvalue weighted by atomic mass is 15.2. The van der Waals surface area contributed by atoms with Gasteiger partial charge in [-0.3, -0.25) is 4.98 Å². The van der Waals surface area contributed by atoms with Gasteiger partial charge in [0, 0.05) is 41.0 Å². The van der Waals surface area contributed by atoms with Gasteiger partial charge in [0.25, 0.3) is 0 Å². The third kappa shape index (κ3) is 3.31. The van der Waals surface area contributed by atoms with Gasteiger partial charge in [0.05, 0.1) is 12.1 Å². The number of fused-ring (bicyclic) bond motifs is 3. The van der Waals surface area contributed by atoms with Crippen molar-refractivity contribution in [1.29, 1.82) is 0 Å². The standard InChI is InChI=1S/C32H30BN3/c1-23-11-8-9-16-28-26(21-23)33-27-22-34-20-19-29(27)36(25-14-6-3-7-15-25)31-18-10-17-30(32(31)33)35(28)24-12-4-2-5-13-24/h2-7,9-10,12,14-22,24,31-32H,8,11,13H2,1H3/b16-9-,23-21+. The summed E-state index contributed by atoms with van der Waals surface area (Å²) in [7, 11) is 0. The summed E-state index contributed by atoms with van der Waals surface area (Å²) in [5.74, 6) is 0.307. The van der Waals surface area contributed by atoms with Crippen molar-refractivity contribution in [1.82, 2.24) is 9.88 Å². The Bertz CT molecular complexity index is 1410. The van der Waals surface area contributed by atoms with Gasteiger partial charge < -0.3 is 9.80 Å². The number of rotatable bonds is 2. The zero-order valence-corrected chi connectivity index (χ0v) is 20.7. The van der Waals surface area contributed by atoms with Gasteiger partial charge in [-0.1, -0.05) is 77.9 Å². The van der Waals surface area contributed by atoms with E-state index in [4.69, 9.17) is 0 Å². The fourth-order valence-electron chi connectivity index (χ4n) is 6.75. The van der Waals surface area contributed by atoms with Crippen molar-refractivity contribution >= 4 is 23.6 Å². The Balaban J connectivity index is 1.51. The van der Waals surface area contributed by atoms with Crippen molar-refractivity contribution in [2.75, 3.05) is 4.90 Å².